The van der Waals surface area contributed by atoms with Gasteiger partial charge in [0, 0.05) is 11.3 Å². The molecule has 0 aliphatic carbocycles. The predicted octanol–water partition coefficient (Wildman–Crippen LogP) is 3.79. The third kappa shape index (κ3) is 5.07. The number of hydrogen-bond acceptors (Lipinski definition) is 4. The Balaban J connectivity index is 1.64. The third-order valence-electron chi connectivity index (χ3n) is 3.22. The van der Waals surface area contributed by atoms with Crippen molar-refractivity contribution in [1.29, 1.82) is 0 Å². The van der Waals surface area contributed by atoms with Crippen molar-refractivity contribution in [2.24, 2.45) is 0 Å². The van der Waals surface area contributed by atoms with E-state index in [0.29, 0.717) is 19.4 Å². The highest BCUT2D eigenvalue weighted by Crippen LogP contribution is 2.19. The fraction of sp³-hybridized carbons (Fsp3) is 0.353. The summed E-state index contributed by atoms with van der Waals surface area (Å²) in [6, 6.07) is 11.5. The number of benzene rings is 1. The highest BCUT2D eigenvalue weighted by Gasteiger charge is 2.09. The number of carbonyl (C=O) groups excluding carboxylic acids is 1. The van der Waals surface area contributed by atoms with E-state index >= 15 is 0 Å². The van der Waals surface area contributed by atoms with Crippen LogP contribution in [0, 0.1) is 0 Å². The van der Waals surface area contributed by atoms with Crippen molar-refractivity contribution in [3.63, 3.8) is 0 Å². The first-order chi connectivity index (χ1) is 10.7. The largest absolute Gasteiger partial charge is 0.497 e. The number of hydrogen-bond donors (Lipinski definition) is 1. The Kier molecular flexibility index (Phi) is 6.27. The highest BCUT2D eigenvalue weighted by molar-refractivity contribution is 7.10. The van der Waals surface area contributed by atoms with Crippen LogP contribution in [-0.2, 0) is 4.79 Å². The first kappa shape index (κ1) is 16.4. The lowest BCUT2D eigenvalue weighted by Crippen LogP contribution is -2.26. The molecule has 0 fully saturated rings. The van der Waals surface area contributed by atoms with Gasteiger partial charge in [0.2, 0.25) is 5.91 Å². The fourth-order valence-electron chi connectivity index (χ4n) is 2.02. The third-order valence-corrected chi connectivity index (χ3v) is 4.28. The topological polar surface area (TPSA) is 47.6 Å². The fourth-order valence-corrected chi connectivity index (χ4v) is 2.75. The lowest BCUT2D eigenvalue weighted by atomic mass is 10.2. The summed E-state index contributed by atoms with van der Waals surface area (Å²) in [6.07, 6.45) is 1.15. The highest BCUT2D eigenvalue weighted by atomic mass is 32.1. The quantitative estimate of drug-likeness (QED) is 0.753. The SMILES string of the molecule is COc1ccc(OCCCC(=O)NC(C)c2cccs2)cc1. The van der Waals surface area contributed by atoms with Crippen LogP contribution in [0.3, 0.4) is 0 Å². The minimum absolute atomic E-state index is 0.0548. The van der Waals surface area contributed by atoms with Crippen molar-refractivity contribution in [2.45, 2.75) is 25.8 Å². The first-order valence-corrected chi connectivity index (χ1v) is 8.16. The van der Waals surface area contributed by atoms with Gasteiger partial charge in [0.1, 0.15) is 11.5 Å². The summed E-state index contributed by atoms with van der Waals surface area (Å²) < 4.78 is 10.7. The number of amides is 1. The molecule has 1 amide bonds. The molecular formula is C17H21NO3S. The zero-order chi connectivity index (χ0) is 15.8. The van der Waals surface area contributed by atoms with Gasteiger partial charge in [-0.1, -0.05) is 6.07 Å². The van der Waals surface area contributed by atoms with E-state index in [4.69, 9.17) is 9.47 Å². The van der Waals surface area contributed by atoms with Gasteiger partial charge in [-0.25, -0.2) is 0 Å². The number of nitrogens with one attached hydrogen (secondary N) is 1. The average Bonchev–Trinajstić information content (AvgIpc) is 3.06. The van der Waals surface area contributed by atoms with Gasteiger partial charge in [-0.3, -0.25) is 4.79 Å². The molecule has 22 heavy (non-hydrogen) atoms. The summed E-state index contributed by atoms with van der Waals surface area (Å²) in [5.41, 5.74) is 0. The molecule has 1 heterocycles. The van der Waals surface area contributed by atoms with E-state index in [0.717, 1.165) is 11.5 Å². The Morgan fingerprint density at radius 1 is 1.23 bits per heavy atom. The number of ether oxygens (including phenoxy) is 2. The minimum Gasteiger partial charge on any atom is -0.497 e. The van der Waals surface area contributed by atoms with E-state index in [2.05, 4.69) is 5.32 Å². The molecule has 0 radical (unpaired) electrons. The van der Waals surface area contributed by atoms with Crippen LogP contribution in [0.5, 0.6) is 11.5 Å². The monoisotopic (exact) mass is 319 g/mol. The number of methoxy groups -OCH3 is 1. The van der Waals surface area contributed by atoms with Crippen LogP contribution in [0.2, 0.25) is 0 Å². The number of carbonyl (C=O) groups is 1. The van der Waals surface area contributed by atoms with E-state index in [1.165, 1.54) is 4.88 Å². The Labute approximate surface area is 135 Å². The van der Waals surface area contributed by atoms with Gasteiger partial charge in [0.15, 0.2) is 0 Å². The molecule has 1 aromatic heterocycles. The standard InChI is InChI=1S/C17H21NO3S/c1-13(16-5-4-12-22-16)18-17(19)6-3-11-21-15-9-7-14(20-2)8-10-15/h4-5,7-10,12-13H,3,6,11H2,1-2H3,(H,18,19). The van der Waals surface area contributed by atoms with Crippen molar-refractivity contribution in [2.75, 3.05) is 13.7 Å². The minimum atomic E-state index is 0.0548. The molecule has 0 spiro atoms. The first-order valence-electron chi connectivity index (χ1n) is 7.28. The summed E-state index contributed by atoms with van der Waals surface area (Å²) in [5, 5.41) is 5.01. The molecule has 5 heteroatoms. The van der Waals surface area contributed by atoms with Crippen molar-refractivity contribution in [3.8, 4) is 11.5 Å². The Morgan fingerprint density at radius 2 is 1.95 bits per heavy atom. The normalized spacial score (nSPS) is 11.7. The van der Waals surface area contributed by atoms with E-state index in [1.807, 2.05) is 48.7 Å². The van der Waals surface area contributed by atoms with E-state index in [-0.39, 0.29) is 11.9 Å². The molecular weight excluding hydrogens is 298 g/mol. The lowest BCUT2D eigenvalue weighted by molar-refractivity contribution is -0.121. The van der Waals surface area contributed by atoms with Crippen LogP contribution >= 0.6 is 11.3 Å². The van der Waals surface area contributed by atoms with Gasteiger partial charge in [0.05, 0.1) is 19.8 Å². The van der Waals surface area contributed by atoms with Gasteiger partial charge in [-0.15, -0.1) is 11.3 Å². The van der Waals surface area contributed by atoms with Crippen LogP contribution in [0.4, 0.5) is 0 Å². The van der Waals surface area contributed by atoms with E-state index in [1.54, 1.807) is 18.4 Å². The molecule has 2 aromatic rings. The number of thiophene rings is 1. The maximum Gasteiger partial charge on any atom is 0.220 e. The average molecular weight is 319 g/mol. The second-order valence-corrected chi connectivity index (χ2v) is 5.91. The van der Waals surface area contributed by atoms with Gasteiger partial charge >= 0.3 is 0 Å². The number of rotatable bonds is 8. The molecule has 0 saturated heterocycles. The Morgan fingerprint density at radius 3 is 2.59 bits per heavy atom. The van der Waals surface area contributed by atoms with Crippen LogP contribution in [0.1, 0.15) is 30.7 Å². The molecule has 0 aliphatic rings. The zero-order valence-electron chi connectivity index (χ0n) is 12.9. The molecule has 0 aliphatic heterocycles. The Hall–Kier alpha value is -2.01. The van der Waals surface area contributed by atoms with Gasteiger partial charge in [0.25, 0.3) is 0 Å². The second-order valence-electron chi connectivity index (χ2n) is 4.93. The maximum absolute atomic E-state index is 11.9. The van der Waals surface area contributed by atoms with Crippen molar-refractivity contribution < 1.29 is 14.3 Å². The van der Waals surface area contributed by atoms with Crippen molar-refractivity contribution in [3.05, 3.63) is 46.7 Å². The molecule has 1 unspecified atom stereocenters. The van der Waals surface area contributed by atoms with Gasteiger partial charge in [-0.2, -0.15) is 0 Å². The van der Waals surface area contributed by atoms with E-state index < -0.39 is 0 Å². The van der Waals surface area contributed by atoms with Crippen LogP contribution in [-0.4, -0.2) is 19.6 Å². The Bertz CT molecular complexity index is 566. The molecule has 0 saturated carbocycles. The second kappa shape index (κ2) is 8.44. The molecule has 1 atom stereocenters. The predicted molar refractivity (Wildman–Crippen MR) is 88.6 cm³/mol. The summed E-state index contributed by atoms with van der Waals surface area (Å²) in [6.45, 7) is 2.52. The molecule has 118 valence electrons. The summed E-state index contributed by atoms with van der Waals surface area (Å²) in [5.74, 6) is 1.64. The van der Waals surface area contributed by atoms with Crippen molar-refractivity contribution >= 4 is 17.2 Å². The smallest absolute Gasteiger partial charge is 0.220 e. The van der Waals surface area contributed by atoms with Crippen molar-refractivity contribution in [1.82, 2.24) is 5.32 Å². The van der Waals surface area contributed by atoms with Gasteiger partial charge < -0.3 is 14.8 Å². The van der Waals surface area contributed by atoms with Crippen LogP contribution in [0.25, 0.3) is 0 Å². The van der Waals surface area contributed by atoms with E-state index in [9.17, 15) is 4.79 Å². The molecule has 0 bridgehead atoms. The zero-order valence-corrected chi connectivity index (χ0v) is 13.7. The lowest BCUT2D eigenvalue weighted by Gasteiger charge is -2.12. The molecule has 1 N–H and O–H groups in total. The maximum atomic E-state index is 11.9. The van der Waals surface area contributed by atoms with Crippen LogP contribution < -0.4 is 14.8 Å². The van der Waals surface area contributed by atoms with Crippen LogP contribution in [0.15, 0.2) is 41.8 Å². The summed E-state index contributed by atoms with van der Waals surface area (Å²) in [7, 11) is 1.63. The molecule has 4 nitrogen and oxygen atoms in total. The summed E-state index contributed by atoms with van der Waals surface area (Å²) >= 11 is 1.65. The molecule has 1 aromatic carbocycles. The summed E-state index contributed by atoms with van der Waals surface area (Å²) in [4.78, 5) is 13.0. The molecule has 2 rings (SSSR count). The van der Waals surface area contributed by atoms with Gasteiger partial charge in [-0.05, 0) is 49.1 Å².